The molecule has 184 valence electrons. The molecule has 8 nitrogen and oxygen atoms in total. The van der Waals surface area contributed by atoms with E-state index in [0.717, 1.165) is 10.5 Å². The van der Waals surface area contributed by atoms with Crippen molar-refractivity contribution >= 4 is 22.4 Å². The van der Waals surface area contributed by atoms with Crippen molar-refractivity contribution in [2.45, 2.75) is 50.4 Å². The van der Waals surface area contributed by atoms with E-state index in [1.54, 1.807) is 19.1 Å². The highest BCUT2D eigenvalue weighted by Gasteiger charge is 2.58. The number of aromatic nitrogens is 1. The molecule has 0 radical (unpaired) electrons. The highest BCUT2D eigenvalue weighted by Crippen LogP contribution is 2.49. The Morgan fingerprint density at radius 2 is 1.89 bits per heavy atom. The van der Waals surface area contributed by atoms with Crippen molar-refractivity contribution in [2.24, 2.45) is 0 Å². The van der Waals surface area contributed by atoms with Gasteiger partial charge < -0.3 is 24.0 Å². The van der Waals surface area contributed by atoms with Crippen LogP contribution >= 0.6 is 0 Å². The lowest BCUT2D eigenvalue weighted by Crippen LogP contribution is -2.60. The van der Waals surface area contributed by atoms with Crippen molar-refractivity contribution in [3.8, 4) is 11.5 Å². The van der Waals surface area contributed by atoms with Crippen molar-refractivity contribution in [3.63, 3.8) is 0 Å². The first-order valence-corrected chi connectivity index (χ1v) is 10.9. The first-order valence-electron chi connectivity index (χ1n) is 10.9. The molecular weight excluding hydrogens is 469 g/mol. The predicted octanol–water partition coefficient (Wildman–Crippen LogP) is 3.82. The van der Waals surface area contributed by atoms with Gasteiger partial charge in [-0.2, -0.15) is 13.2 Å². The number of para-hydroxylation sites is 1. The average molecular weight is 490 g/mol. The summed E-state index contributed by atoms with van der Waals surface area (Å²) < 4.78 is 56.5. The standard InChI is InChI=1S/C24H21F3N2O6/c1-12-18-10-14(6-7-17(18)21(30)35-28-12)29(22(31)23(2,32)24(25,26)27)15-8-13(9-15)16-4-3-5-19-20(16)34-11-33-19/h3-7,10,13,15,32H,8-9,11H2,1-2H3. The molecule has 1 aliphatic heterocycles. The number of aliphatic hydroxyl groups is 1. The molecule has 0 bridgehead atoms. The predicted molar refractivity (Wildman–Crippen MR) is 118 cm³/mol. The summed E-state index contributed by atoms with van der Waals surface area (Å²) in [7, 11) is 0. The van der Waals surface area contributed by atoms with Gasteiger partial charge in [-0.05, 0) is 56.9 Å². The summed E-state index contributed by atoms with van der Waals surface area (Å²) in [6.45, 7) is 2.10. The minimum absolute atomic E-state index is 0.0834. The van der Waals surface area contributed by atoms with Gasteiger partial charge in [-0.1, -0.05) is 17.3 Å². The van der Waals surface area contributed by atoms with Crippen molar-refractivity contribution < 1.29 is 37.1 Å². The number of hydrogen-bond donors (Lipinski definition) is 1. The van der Waals surface area contributed by atoms with Crippen molar-refractivity contribution in [2.75, 3.05) is 11.7 Å². The minimum Gasteiger partial charge on any atom is -0.454 e. The van der Waals surface area contributed by atoms with Crippen LogP contribution in [0.4, 0.5) is 18.9 Å². The fraction of sp³-hybridized carbons (Fsp3) is 0.375. The number of ether oxygens (including phenoxy) is 2. The second kappa shape index (κ2) is 7.98. The van der Waals surface area contributed by atoms with E-state index in [9.17, 15) is 27.9 Å². The second-order valence-electron chi connectivity index (χ2n) is 8.93. The highest BCUT2D eigenvalue weighted by molar-refractivity contribution is 6.02. The van der Waals surface area contributed by atoms with Crippen LogP contribution in [-0.2, 0) is 4.79 Å². The lowest BCUT2D eigenvalue weighted by Gasteiger charge is -2.45. The maximum absolute atomic E-state index is 13.6. The van der Waals surface area contributed by atoms with E-state index in [1.807, 2.05) is 6.07 Å². The molecule has 1 unspecified atom stereocenters. The van der Waals surface area contributed by atoms with E-state index in [1.165, 1.54) is 18.2 Å². The summed E-state index contributed by atoms with van der Waals surface area (Å²) in [5.74, 6) is -0.400. The number of anilines is 1. The van der Waals surface area contributed by atoms with Gasteiger partial charge in [-0.3, -0.25) is 4.79 Å². The number of benzene rings is 2. The number of carbonyl (C=O) groups excluding carboxylic acids is 1. The molecule has 1 aromatic heterocycles. The molecule has 2 heterocycles. The molecule has 2 aromatic carbocycles. The van der Waals surface area contributed by atoms with Crippen molar-refractivity contribution in [1.82, 2.24) is 5.16 Å². The van der Waals surface area contributed by atoms with Crippen LogP contribution in [0.5, 0.6) is 11.5 Å². The summed E-state index contributed by atoms with van der Waals surface area (Å²) in [5.41, 5.74) is -3.02. The molecule has 1 atom stereocenters. The van der Waals surface area contributed by atoms with Crippen LogP contribution in [0.3, 0.4) is 0 Å². The molecule has 1 aliphatic carbocycles. The first kappa shape index (κ1) is 23.2. The Hall–Kier alpha value is -3.60. The van der Waals surface area contributed by atoms with Gasteiger partial charge in [-0.15, -0.1) is 0 Å². The summed E-state index contributed by atoms with van der Waals surface area (Å²) in [5, 5.41) is 14.4. The van der Waals surface area contributed by atoms with E-state index < -0.39 is 29.4 Å². The quantitative estimate of drug-likeness (QED) is 0.593. The third kappa shape index (κ3) is 3.70. The molecule has 11 heteroatoms. The normalized spacial score (nSPS) is 20.9. The van der Waals surface area contributed by atoms with Gasteiger partial charge in [0.15, 0.2) is 11.5 Å². The van der Waals surface area contributed by atoms with Crippen molar-refractivity contribution in [1.29, 1.82) is 0 Å². The summed E-state index contributed by atoms with van der Waals surface area (Å²) in [6, 6.07) is 8.95. The molecule has 1 fully saturated rings. The number of alkyl halides is 3. The van der Waals surface area contributed by atoms with Crippen LogP contribution in [0, 0.1) is 6.92 Å². The molecular formula is C24H21F3N2O6. The Bertz CT molecular complexity index is 1380. The summed E-state index contributed by atoms with van der Waals surface area (Å²) in [6.07, 6.45) is -4.51. The Kier molecular flexibility index (Phi) is 5.28. The number of hydrogen-bond acceptors (Lipinski definition) is 7. The Morgan fingerprint density at radius 3 is 2.60 bits per heavy atom. The molecule has 0 saturated heterocycles. The molecule has 1 N–H and O–H groups in total. The number of halogens is 3. The molecule has 1 saturated carbocycles. The molecule has 2 aliphatic rings. The minimum atomic E-state index is -5.19. The van der Waals surface area contributed by atoms with Gasteiger partial charge in [0.05, 0.1) is 11.1 Å². The van der Waals surface area contributed by atoms with E-state index in [-0.39, 0.29) is 23.8 Å². The fourth-order valence-electron chi connectivity index (χ4n) is 4.54. The van der Waals surface area contributed by atoms with E-state index in [4.69, 9.17) is 14.0 Å². The number of rotatable bonds is 4. The van der Waals surface area contributed by atoms with Gasteiger partial charge in [0, 0.05) is 22.7 Å². The summed E-state index contributed by atoms with van der Waals surface area (Å²) >= 11 is 0. The van der Waals surface area contributed by atoms with Crippen LogP contribution in [-0.4, -0.2) is 40.8 Å². The average Bonchev–Trinajstić information content (AvgIpc) is 3.26. The zero-order chi connectivity index (χ0) is 25.1. The number of nitrogens with zero attached hydrogens (tertiary/aromatic N) is 2. The molecule has 0 spiro atoms. The maximum Gasteiger partial charge on any atom is 0.426 e. The smallest absolute Gasteiger partial charge is 0.426 e. The SMILES string of the molecule is Cc1noc(=O)c2ccc(N(C(=O)C(C)(O)C(F)(F)F)C3CC(c4cccc5c4OCO5)C3)cc12. The second-order valence-corrected chi connectivity index (χ2v) is 8.93. The Balaban J connectivity index is 1.53. The van der Waals surface area contributed by atoms with Crippen LogP contribution in [0.1, 0.15) is 36.9 Å². The van der Waals surface area contributed by atoms with Crippen LogP contribution in [0.15, 0.2) is 45.7 Å². The number of fused-ring (bicyclic) bond motifs is 2. The molecule has 35 heavy (non-hydrogen) atoms. The van der Waals surface area contributed by atoms with Gasteiger partial charge in [0.25, 0.3) is 5.91 Å². The van der Waals surface area contributed by atoms with Gasteiger partial charge in [0.2, 0.25) is 12.4 Å². The topological polar surface area (TPSA) is 102 Å². The largest absolute Gasteiger partial charge is 0.454 e. The van der Waals surface area contributed by atoms with Crippen LogP contribution < -0.4 is 20.0 Å². The number of aryl methyl sites for hydroxylation is 1. The van der Waals surface area contributed by atoms with Crippen molar-refractivity contribution in [3.05, 3.63) is 58.1 Å². The number of amides is 1. The third-order valence-electron chi connectivity index (χ3n) is 6.69. The maximum atomic E-state index is 13.6. The Morgan fingerprint density at radius 1 is 1.14 bits per heavy atom. The van der Waals surface area contributed by atoms with Crippen LogP contribution in [0.2, 0.25) is 0 Å². The lowest BCUT2D eigenvalue weighted by molar-refractivity contribution is -0.244. The van der Waals surface area contributed by atoms with Crippen LogP contribution in [0.25, 0.3) is 10.8 Å². The molecule has 1 amide bonds. The summed E-state index contributed by atoms with van der Waals surface area (Å²) in [4.78, 5) is 26.2. The van der Waals surface area contributed by atoms with E-state index in [0.29, 0.717) is 42.3 Å². The lowest BCUT2D eigenvalue weighted by atomic mass is 9.74. The van der Waals surface area contributed by atoms with Gasteiger partial charge in [-0.25, -0.2) is 4.79 Å². The van der Waals surface area contributed by atoms with E-state index in [2.05, 4.69) is 5.16 Å². The van der Waals surface area contributed by atoms with Gasteiger partial charge in [0.1, 0.15) is 0 Å². The Labute approximate surface area is 196 Å². The number of carbonyl (C=O) groups is 1. The molecule has 5 rings (SSSR count). The third-order valence-corrected chi connectivity index (χ3v) is 6.69. The monoisotopic (exact) mass is 490 g/mol. The van der Waals surface area contributed by atoms with E-state index >= 15 is 0 Å². The molecule has 3 aromatic rings. The van der Waals surface area contributed by atoms with Gasteiger partial charge >= 0.3 is 11.8 Å². The zero-order valence-electron chi connectivity index (χ0n) is 18.8. The fourth-order valence-corrected chi connectivity index (χ4v) is 4.54. The highest BCUT2D eigenvalue weighted by atomic mass is 19.4. The first-order chi connectivity index (χ1) is 16.5. The zero-order valence-corrected chi connectivity index (χ0v) is 18.8.